The first-order chi connectivity index (χ1) is 16.7. The lowest BCUT2D eigenvalue weighted by atomic mass is 10.1. The van der Waals surface area contributed by atoms with Crippen molar-refractivity contribution >= 4 is 10.9 Å². The Hall–Kier alpha value is -4.45. The van der Waals surface area contributed by atoms with Crippen LogP contribution in [0.4, 0.5) is 0 Å². The monoisotopic (exact) mass is 445 g/mol. The fourth-order valence-electron chi connectivity index (χ4n) is 4.56. The third-order valence-corrected chi connectivity index (χ3v) is 6.29. The highest BCUT2D eigenvalue weighted by molar-refractivity contribution is 5.93. The number of pyridine rings is 1. The molecule has 2 aliphatic rings. The van der Waals surface area contributed by atoms with Crippen LogP contribution in [0.15, 0.2) is 102 Å². The van der Waals surface area contributed by atoms with Gasteiger partial charge < -0.3 is 4.57 Å². The second kappa shape index (κ2) is 8.15. The van der Waals surface area contributed by atoms with Crippen LogP contribution < -0.4 is 5.56 Å². The molecule has 0 aliphatic carbocycles. The van der Waals surface area contributed by atoms with Gasteiger partial charge in [-0.05, 0) is 47.9 Å². The second-order valence-corrected chi connectivity index (χ2v) is 8.35. The van der Waals surface area contributed by atoms with E-state index in [1.165, 1.54) is 0 Å². The van der Waals surface area contributed by atoms with Crippen molar-refractivity contribution in [1.82, 2.24) is 24.1 Å². The Morgan fingerprint density at radius 2 is 1.68 bits per heavy atom. The van der Waals surface area contributed by atoms with Crippen LogP contribution in [0.2, 0.25) is 0 Å². The molecule has 6 nitrogen and oxygen atoms in total. The molecule has 0 radical (unpaired) electrons. The Labute approximate surface area is 196 Å². The van der Waals surface area contributed by atoms with E-state index in [1.54, 1.807) is 10.9 Å². The van der Waals surface area contributed by atoms with Crippen molar-refractivity contribution < 1.29 is 0 Å². The van der Waals surface area contributed by atoms with E-state index < -0.39 is 0 Å². The van der Waals surface area contributed by atoms with Crippen LogP contribution in [-0.2, 0) is 13.0 Å². The number of benzene rings is 3. The van der Waals surface area contributed by atoms with Gasteiger partial charge in [0.15, 0.2) is 0 Å². The van der Waals surface area contributed by atoms with Gasteiger partial charge in [-0.2, -0.15) is 14.9 Å². The molecule has 0 saturated heterocycles. The second-order valence-electron chi connectivity index (χ2n) is 8.35. The Kier molecular flexibility index (Phi) is 4.84. The average molecular weight is 446 g/mol. The maximum absolute atomic E-state index is 13.5. The molecule has 0 N–H and O–H groups in total. The van der Waals surface area contributed by atoms with Crippen molar-refractivity contribution in [1.29, 1.82) is 0 Å². The summed E-state index contributed by atoms with van der Waals surface area (Å²) in [6.45, 7) is 2.74. The molecular weight excluding hydrogens is 422 g/mol. The summed E-state index contributed by atoms with van der Waals surface area (Å²) in [7, 11) is 0. The zero-order valence-corrected chi connectivity index (χ0v) is 18.8. The Morgan fingerprint density at radius 3 is 2.47 bits per heavy atom. The van der Waals surface area contributed by atoms with Gasteiger partial charge in [0.05, 0.1) is 22.5 Å². The summed E-state index contributed by atoms with van der Waals surface area (Å²) in [4.78, 5) is 13.5. The Morgan fingerprint density at radius 1 is 0.882 bits per heavy atom. The van der Waals surface area contributed by atoms with E-state index in [4.69, 9.17) is 5.10 Å². The maximum atomic E-state index is 13.5. The predicted octanol–water partition coefficient (Wildman–Crippen LogP) is 5.09. The SMILES string of the molecule is CCc1ccccc1-n1nc2c3ccccc3n(Cc3ccc(-n4cccn4)cc3)cc-2c1=O. The molecule has 4 aromatic rings. The molecule has 1 aromatic heterocycles. The molecule has 0 spiro atoms. The summed E-state index contributed by atoms with van der Waals surface area (Å²) in [5.41, 5.74) is 6.40. The van der Waals surface area contributed by atoms with Crippen molar-refractivity contribution in [2.45, 2.75) is 19.9 Å². The van der Waals surface area contributed by atoms with E-state index in [1.807, 2.05) is 65.6 Å². The molecule has 0 fully saturated rings. The molecule has 2 aliphatic heterocycles. The number of para-hydroxylation sites is 2. The quantitative estimate of drug-likeness (QED) is 0.371. The molecule has 3 heterocycles. The van der Waals surface area contributed by atoms with Crippen molar-refractivity contribution in [3.8, 4) is 22.6 Å². The summed E-state index contributed by atoms with van der Waals surface area (Å²) in [6.07, 6.45) is 6.47. The first-order valence-corrected chi connectivity index (χ1v) is 11.4. The van der Waals surface area contributed by atoms with E-state index >= 15 is 0 Å². The average Bonchev–Trinajstić information content (AvgIpc) is 3.54. The van der Waals surface area contributed by atoms with E-state index in [-0.39, 0.29) is 5.56 Å². The lowest BCUT2D eigenvalue weighted by Crippen LogP contribution is -2.16. The number of aryl methyl sites for hydroxylation is 1. The number of fused-ring (bicyclic) bond motifs is 3. The molecule has 0 saturated carbocycles. The van der Waals surface area contributed by atoms with Crippen LogP contribution in [0, 0.1) is 0 Å². The van der Waals surface area contributed by atoms with Crippen LogP contribution in [0.1, 0.15) is 18.1 Å². The normalized spacial score (nSPS) is 11.4. The summed E-state index contributed by atoms with van der Waals surface area (Å²) in [6, 6.07) is 26.3. The van der Waals surface area contributed by atoms with Gasteiger partial charge >= 0.3 is 0 Å². The topological polar surface area (TPSA) is 57.6 Å². The summed E-state index contributed by atoms with van der Waals surface area (Å²) < 4.78 is 5.53. The summed E-state index contributed by atoms with van der Waals surface area (Å²) >= 11 is 0. The predicted molar refractivity (Wildman–Crippen MR) is 134 cm³/mol. The maximum Gasteiger partial charge on any atom is 0.282 e. The minimum Gasteiger partial charge on any atom is -0.342 e. The van der Waals surface area contributed by atoms with Crippen LogP contribution in [-0.4, -0.2) is 24.1 Å². The van der Waals surface area contributed by atoms with E-state index in [0.717, 1.165) is 45.5 Å². The first-order valence-electron chi connectivity index (χ1n) is 11.4. The van der Waals surface area contributed by atoms with Crippen LogP contribution in [0.3, 0.4) is 0 Å². The van der Waals surface area contributed by atoms with E-state index in [2.05, 4.69) is 46.9 Å². The highest BCUT2D eigenvalue weighted by Crippen LogP contribution is 2.29. The van der Waals surface area contributed by atoms with Gasteiger partial charge in [-0.15, -0.1) is 0 Å². The zero-order valence-electron chi connectivity index (χ0n) is 18.8. The number of hydrogen-bond donors (Lipinski definition) is 0. The lowest BCUT2D eigenvalue weighted by molar-refractivity contribution is 0.824. The molecular formula is C28H23N5O. The van der Waals surface area contributed by atoms with Crippen molar-refractivity contribution in [3.05, 3.63) is 119 Å². The number of nitrogens with zero attached hydrogens (tertiary/aromatic N) is 5. The number of rotatable bonds is 5. The van der Waals surface area contributed by atoms with Crippen LogP contribution in [0.25, 0.3) is 33.5 Å². The first kappa shape index (κ1) is 20.2. The minimum atomic E-state index is -0.0931. The number of hydrogen-bond acceptors (Lipinski definition) is 3. The third-order valence-electron chi connectivity index (χ3n) is 6.29. The highest BCUT2D eigenvalue weighted by atomic mass is 16.1. The minimum absolute atomic E-state index is 0.0931. The van der Waals surface area contributed by atoms with Crippen molar-refractivity contribution in [2.75, 3.05) is 0 Å². The molecule has 166 valence electrons. The van der Waals surface area contributed by atoms with E-state index in [9.17, 15) is 4.79 Å². The van der Waals surface area contributed by atoms with E-state index in [0.29, 0.717) is 12.1 Å². The van der Waals surface area contributed by atoms with Gasteiger partial charge in [-0.3, -0.25) is 4.79 Å². The van der Waals surface area contributed by atoms with Gasteiger partial charge in [0.2, 0.25) is 0 Å². The molecule has 6 rings (SSSR count). The lowest BCUT2D eigenvalue weighted by Gasteiger charge is -2.14. The molecule has 0 bridgehead atoms. The van der Waals surface area contributed by atoms with Gasteiger partial charge in [0.1, 0.15) is 5.69 Å². The Balaban J connectivity index is 1.48. The van der Waals surface area contributed by atoms with Gasteiger partial charge in [-0.25, -0.2) is 4.68 Å². The highest BCUT2D eigenvalue weighted by Gasteiger charge is 2.21. The van der Waals surface area contributed by atoms with Gasteiger partial charge in [-0.1, -0.05) is 55.5 Å². The molecule has 0 atom stereocenters. The fourth-order valence-corrected chi connectivity index (χ4v) is 4.56. The largest absolute Gasteiger partial charge is 0.342 e. The van der Waals surface area contributed by atoms with Crippen molar-refractivity contribution in [2.24, 2.45) is 0 Å². The van der Waals surface area contributed by atoms with Crippen molar-refractivity contribution in [3.63, 3.8) is 0 Å². The summed E-state index contributed by atoms with van der Waals surface area (Å²) in [5, 5.41) is 10.1. The fraction of sp³-hybridized carbons (Fsp3) is 0.107. The molecule has 3 aromatic carbocycles. The standard InChI is InChI=1S/C28H23N5O/c1-2-21-8-3-5-10-25(21)33-28(34)24-19-31(26-11-6-4-9-23(26)27(24)30-33)18-20-12-14-22(15-13-20)32-17-7-16-29-32/h3-17,19H,2,18H2,1H3. The Bertz CT molecular complexity index is 1620. The molecule has 34 heavy (non-hydrogen) atoms. The van der Waals surface area contributed by atoms with Gasteiger partial charge in [0.25, 0.3) is 5.56 Å². The molecule has 0 unspecified atom stereocenters. The third kappa shape index (κ3) is 3.31. The molecule has 0 amide bonds. The van der Waals surface area contributed by atoms with Crippen LogP contribution >= 0.6 is 0 Å². The molecule has 6 heteroatoms. The van der Waals surface area contributed by atoms with Crippen LogP contribution in [0.5, 0.6) is 0 Å². The summed E-state index contributed by atoms with van der Waals surface area (Å²) in [5.74, 6) is 0. The number of aromatic nitrogens is 5. The zero-order chi connectivity index (χ0) is 23.1. The van der Waals surface area contributed by atoms with Gasteiger partial charge in [0, 0.05) is 30.5 Å². The smallest absolute Gasteiger partial charge is 0.282 e.